The summed E-state index contributed by atoms with van der Waals surface area (Å²) in [6, 6.07) is 9.06. The summed E-state index contributed by atoms with van der Waals surface area (Å²) in [6.45, 7) is 0. The van der Waals surface area contributed by atoms with Crippen LogP contribution in [0, 0.1) is 0 Å². The molecule has 4 nitrogen and oxygen atoms in total. The van der Waals surface area contributed by atoms with Crippen LogP contribution in [-0.2, 0) is 0 Å². The number of nitrogens with zero attached hydrogens (tertiary/aromatic N) is 1. The highest BCUT2D eigenvalue weighted by Gasteiger charge is 2.04. The molecule has 0 spiro atoms. The Morgan fingerprint density at radius 3 is 2.64 bits per heavy atom. The Kier molecular flexibility index (Phi) is 2.02. The van der Waals surface area contributed by atoms with Gasteiger partial charge in [0.05, 0.1) is 6.20 Å². The highest BCUT2D eigenvalue weighted by atomic mass is 16.3. The first-order chi connectivity index (χ1) is 6.77. The van der Waals surface area contributed by atoms with E-state index in [0.717, 1.165) is 11.8 Å². The van der Waals surface area contributed by atoms with Crippen molar-refractivity contribution in [2.24, 2.45) is 0 Å². The highest BCUT2D eigenvalue weighted by molar-refractivity contribution is 5.63. The van der Waals surface area contributed by atoms with Crippen molar-refractivity contribution in [1.82, 2.24) is 9.97 Å². The summed E-state index contributed by atoms with van der Waals surface area (Å²) in [4.78, 5) is 17.1. The molecule has 0 fully saturated rings. The second kappa shape index (κ2) is 3.33. The molecule has 0 saturated heterocycles. The normalized spacial score (nSPS) is 10.0. The van der Waals surface area contributed by atoms with Crippen LogP contribution in [0.3, 0.4) is 0 Å². The van der Waals surface area contributed by atoms with E-state index in [4.69, 9.17) is 0 Å². The Labute approximate surface area is 79.9 Å². The van der Waals surface area contributed by atoms with E-state index in [1.54, 1.807) is 12.1 Å². The molecule has 0 saturated carbocycles. The molecule has 0 amide bonds. The molecule has 0 aliphatic heterocycles. The molecule has 1 heterocycles. The topological polar surface area (TPSA) is 66.0 Å². The molecular formula is C10H8N2O2. The number of aromatic nitrogens is 2. The highest BCUT2D eigenvalue weighted by Crippen LogP contribution is 2.21. The van der Waals surface area contributed by atoms with E-state index < -0.39 is 0 Å². The molecule has 14 heavy (non-hydrogen) atoms. The molecule has 2 N–H and O–H groups in total. The van der Waals surface area contributed by atoms with Crippen LogP contribution in [0.15, 0.2) is 41.3 Å². The fourth-order valence-corrected chi connectivity index (χ4v) is 1.20. The van der Waals surface area contributed by atoms with Gasteiger partial charge in [0.1, 0.15) is 5.69 Å². The number of hydrogen-bond donors (Lipinski definition) is 2. The van der Waals surface area contributed by atoms with E-state index >= 15 is 0 Å². The SMILES string of the molecule is O=c1cnc(O)c(-c2ccccc2)[nH]1. The number of H-pyrrole nitrogens is 1. The van der Waals surface area contributed by atoms with Crippen molar-refractivity contribution >= 4 is 0 Å². The standard InChI is InChI=1S/C10H8N2O2/c13-8-6-11-10(14)9(12-8)7-4-2-1-3-5-7/h1-6H,(H,11,14)(H,12,13). The first-order valence-corrected chi connectivity index (χ1v) is 4.11. The summed E-state index contributed by atoms with van der Waals surface area (Å²) in [5.41, 5.74) is 0.745. The van der Waals surface area contributed by atoms with Gasteiger partial charge >= 0.3 is 0 Å². The molecule has 2 rings (SSSR count). The molecule has 0 aliphatic rings. The molecule has 70 valence electrons. The lowest BCUT2D eigenvalue weighted by Crippen LogP contribution is -2.06. The number of aromatic amines is 1. The van der Waals surface area contributed by atoms with Gasteiger partial charge in [-0.3, -0.25) is 4.79 Å². The largest absolute Gasteiger partial charge is 0.492 e. The second-order valence-corrected chi connectivity index (χ2v) is 2.81. The smallest absolute Gasteiger partial charge is 0.267 e. The van der Waals surface area contributed by atoms with Gasteiger partial charge in [-0.1, -0.05) is 30.3 Å². The van der Waals surface area contributed by atoms with E-state index in [9.17, 15) is 9.90 Å². The van der Waals surface area contributed by atoms with Crippen molar-refractivity contribution in [3.05, 3.63) is 46.9 Å². The number of hydrogen-bond acceptors (Lipinski definition) is 3. The third-order valence-electron chi connectivity index (χ3n) is 1.84. The van der Waals surface area contributed by atoms with E-state index in [-0.39, 0.29) is 11.4 Å². The summed E-state index contributed by atoms with van der Waals surface area (Å²) in [5, 5.41) is 9.41. The van der Waals surface area contributed by atoms with Gasteiger partial charge in [0.2, 0.25) is 5.88 Å². The molecular weight excluding hydrogens is 180 g/mol. The third-order valence-corrected chi connectivity index (χ3v) is 1.84. The van der Waals surface area contributed by atoms with Crippen molar-refractivity contribution < 1.29 is 5.11 Å². The maximum absolute atomic E-state index is 11.0. The Balaban J connectivity index is 2.62. The lowest BCUT2D eigenvalue weighted by molar-refractivity contribution is 0.452. The minimum Gasteiger partial charge on any atom is -0.492 e. The average Bonchev–Trinajstić information content (AvgIpc) is 2.23. The summed E-state index contributed by atoms with van der Waals surface area (Å²) in [5.74, 6) is -0.171. The van der Waals surface area contributed by atoms with Gasteiger partial charge in [-0.25, -0.2) is 4.98 Å². The Hall–Kier alpha value is -2.10. The molecule has 1 aromatic heterocycles. The van der Waals surface area contributed by atoms with Gasteiger partial charge < -0.3 is 10.1 Å². The van der Waals surface area contributed by atoms with Crippen LogP contribution in [0.1, 0.15) is 0 Å². The summed E-state index contributed by atoms with van der Waals surface area (Å²) in [6.07, 6.45) is 1.04. The van der Waals surface area contributed by atoms with E-state index in [1.807, 2.05) is 18.2 Å². The van der Waals surface area contributed by atoms with Crippen molar-refractivity contribution in [3.8, 4) is 17.1 Å². The number of rotatable bonds is 1. The lowest BCUT2D eigenvalue weighted by Gasteiger charge is -2.01. The molecule has 0 atom stereocenters. The first-order valence-electron chi connectivity index (χ1n) is 4.11. The van der Waals surface area contributed by atoms with Crippen LogP contribution < -0.4 is 5.56 Å². The van der Waals surface area contributed by atoms with Crippen molar-refractivity contribution in [1.29, 1.82) is 0 Å². The number of nitrogens with one attached hydrogen (secondary N) is 1. The van der Waals surface area contributed by atoms with Crippen molar-refractivity contribution in [2.75, 3.05) is 0 Å². The van der Waals surface area contributed by atoms with Crippen LogP contribution in [-0.4, -0.2) is 15.1 Å². The Morgan fingerprint density at radius 2 is 1.93 bits per heavy atom. The van der Waals surface area contributed by atoms with Crippen LogP contribution >= 0.6 is 0 Å². The molecule has 0 aliphatic carbocycles. The number of benzene rings is 1. The van der Waals surface area contributed by atoms with Gasteiger partial charge in [0.15, 0.2) is 0 Å². The van der Waals surface area contributed by atoms with Crippen LogP contribution in [0.4, 0.5) is 0 Å². The Bertz CT molecular complexity index is 491. The van der Waals surface area contributed by atoms with E-state index in [0.29, 0.717) is 5.69 Å². The number of aromatic hydroxyl groups is 1. The zero-order valence-electron chi connectivity index (χ0n) is 7.27. The minimum atomic E-state index is -0.332. The monoisotopic (exact) mass is 188 g/mol. The third kappa shape index (κ3) is 1.50. The van der Waals surface area contributed by atoms with Crippen LogP contribution in [0.25, 0.3) is 11.3 Å². The molecule has 2 aromatic rings. The first kappa shape index (κ1) is 8.50. The van der Waals surface area contributed by atoms with Crippen molar-refractivity contribution in [2.45, 2.75) is 0 Å². The molecule has 0 radical (unpaired) electrons. The zero-order valence-corrected chi connectivity index (χ0v) is 7.27. The fraction of sp³-hybridized carbons (Fsp3) is 0. The maximum atomic E-state index is 11.0. The fourth-order valence-electron chi connectivity index (χ4n) is 1.20. The molecule has 1 aromatic carbocycles. The van der Waals surface area contributed by atoms with Gasteiger partial charge in [-0.15, -0.1) is 0 Å². The second-order valence-electron chi connectivity index (χ2n) is 2.81. The van der Waals surface area contributed by atoms with Gasteiger partial charge in [0, 0.05) is 5.56 Å². The summed E-state index contributed by atoms with van der Waals surface area (Å²) < 4.78 is 0. The average molecular weight is 188 g/mol. The van der Waals surface area contributed by atoms with Crippen LogP contribution in [0.2, 0.25) is 0 Å². The van der Waals surface area contributed by atoms with E-state index in [1.165, 1.54) is 0 Å². The predicted molar refractivity (Wildman–Crippen MR) is 52.0 cm³/mol. The summed E-state index contributed by atoms with van der Waals surface area (Å²) >= 11 is 0. The molecule has 0 bridgehead atoms. The Morgan fingerprint density at radius 1 is 1.21 bits per heavy atom. The molecule has 4 heteroatoms. The summed E-state index contributed by atoms with van der Waals surface area (Å²) in [7, 11) is 0. The maximum Gasteiger partial charge on any atom is 0.267 e. The lowest BCUT2D eigenvalue weighted by atomic mass is 10.1. The van der Waals surface area contributed by atoms with Gasteiger partial charge in [-0.2, -0.15) is 0 Å². The molecule has 0 unspecified atom stereocenters. The minimum absolute atomic E-state index is 0.171. The predicted octanol–water partition coefficient (Wildman–Crippen LogP) is 1.14. The van der Waals surface area contributed by atoms with Gasteiger partial charge in [-0.05, 0) is 0 Å². The van der Waals surface area contributed by atoms with Gasteiger partial charge in [0.25, 0.3) is 5.56 Å². The quantitative estimate of drug-likeness (QED) is 0.705. The van der Waals surface area contributed by atoms with Crippen molar-refractivity contribution in [3.63, 3.8) is 0 Å². The van der Waals surface area contributed by atoms with E-state index in [2.05, 4.69) is 9.97 Å². The van der Waals surface area contributed by atoms with Crippen LogP contribution in [0.5, 0.6) is 5.88 Å². The zero-order chi connectivity index (χ0) is 9.97.